The second-order valence-electron chi connectivity index (χ2n) is 6.54. The van der Waals surface area contributed by atoms with Crippen LogP contribution in [-0.2, 0) is 4.79 Å². The van der Waals surface area contributed by atoms with Crippen molar-refractivity contribution in [3.8, 4) is 0 Å². The van der Waals surface area contributed by atoms with Crippen molar-refractivity contribution in [1.29, 1.82) is 0 Å². The summed E-state index contributed by atoms with van der Waals surface area (Å²) in [4.78, 5) is 14.6. The van der Waals surface area contributed by atoms with Crippen LogP contribution in [0.1, 0.15) is 31.4 Å². The van der Waals surface area contributed by atoms with Gasteiger partial charge < -0.3 is 15.7 Å². The molecule has 0 bridgehead atoms. The number of aliphatic hydroxyl groups is 1. The minimum absolute atomic E-state index is 0.118. The van der Waals surface area contributed by atoms with Gasteiger partial charge in [0, 0.05) is 25.0 Å². The summed E-state index contributed by atoms with van der Waals surface area (Å²) in [7, 11) is 0. The van der Waals surface area contributed by atoms with Crippen molar-refractivity contribution in [3.63, 3.8) is 0 Å². The lowest BCUT2D eigenvalue weighted by Crippen LogP contribution is -2.39. The fraction of sp³-hybridized carbons (Fsp3) is 0.588. The molecule has 2 fully saturated rings. The highest BCUT2D eigenvalue weighted by Gasteiger charge is 2.44. The molecular weight excluding hydrogens is 264 g/mol. The number of carbonyl (C=O) groups is 1. The molecule has 0 radical (unpaired) electrons. The summed E-state index contributed by atoms with van der Waals surface area (Å²) in [5.74, 6) is 0.634. The zero-order chi connectivity index (χ0) is 15.0. The Morgan fingerprint density at radius 2 is 2.00 bits per heavy atom. The minimum Gasteiger partial charge on any atom is -0.393 e. The van der Waals surface area contributed by atoms with Crippen molar-refractivity contribution in [3.05, 3.63) is 35.9 Å². The van der Waals surface area contributed by atoms with Crippen molar-refractivity contribution >= 4 is 5.91 Å². The Labute approximate surface area is 125 Å². The summed E-state index contributed by atoms with van der Waals surface area (Å²) in [5, 5.41) is 9.96. The molecule has 0 spiro atoms. The normalized spacial score (nSPS) is 31.0. The van der Waals surface area contributed by atoms with Gasteiger partial charge in [-0.1, -0.05) is 37.3 Å². The van der Waals surface area contributed by atoms with E-state index >= 15 is 0 Å². The molecule has 1 aromatic rings. The van der Waals surface area contributed by atoms with Gasteiger partial charge in [-0.3, -0.25) is 4.79 Å². The molecule has 4 nitrogen and oxygen atoms in total. The van der Waals surface area contributed by atoms with Crippen molar-refractivity contribution in [2.75, 3.05) is 13.1 Å². The summed E-state index contributed by atoms with van der Waals surface area (Å²) >= 11 is 0. The first-order chi connectivity index (χ1) is 10.1. The van der Waals surface area contributed by atoms with Gasteiger partial charge in [-0.25, -0.2) is 0 Å². The molecule has 5 atom stereocenters. The van der Waals surface area contributed by atoms with Crippen LogP contribution in [0.15, 0.2) is 30.3 Å². The maximum atomic E-state index is 12.7. The van der Waals surface area contributed by atoms with E-state index in [0.29, 0.717) is 12.5 Å². The molecule has 4 heteroatoms. The van der Waals surface area contributed by atoms with Crippen LogP contribution in [0.3, 0.4) is 0 Å². The van der Waals surface area contributed by atoms with Crippen molar-refractivity contribution < 1.29 is 9.90 Å². The van der Waals surface area contributed by atoms with E-state index in [1.165, 1.54) is 0 Å². The molecule has 1 aliphatic heterocycles. The number of rotatable bonds is 3. The van der Waals surface area contributed by atoms with E-state index in [1.807, 2.05) is 42.2 Å². The summed E-state index contributed by atoms with van der Waals surface area (Å²) in [6.45, 7) is 3.38. The van der Waals surface area contributed by atoms with Gasteiger partial charge in [0.2, 0.25) is 5.91 Å². The Hall–Kier alpha value is -1.39. The lowest BCUT2D eigenvalue weighted by atomic mass is 9.94. The van der Waals surface area contributed by atoms with Crippen LogP contribution in [-0.4, -0.2) is 35.1 Å². The van der Waals surface area contributed by atoms with E-state index in [0.717, 1.165) is 24.9 Å². The van der Waals surface area contributed by atoms with E-state index in [9.17, 15) is 9.90 Å². The maximum Gasteiger partial charge on any atom is 0.227 e. The highest BCUT2D eigenvalue weighted by molar-refractivity contribution is 5.79. The number of aliphatic hydroxyl groups excluding tert-OH is 1. The van der Waals surface area contributed by atoms with Crippen molar-refractivity contribution in [2.24, 2.45) is 23.5 Å². The SMILES string of the molecule is CC(C(=O)N1CC2CCC(O)C2C1)C(N)c1ccccc1. The third-order valence-corrected chi connectivity index (χ3v) is 5.24. The Kier molecular flexibility index (Phi) is 4.00. The molecule has 0 aromatic heterocycles. The monoisotopic (exact) mass is 288 g/mol. The van der Waals surface area contributed by atoms with E-state index < -0.39 is 0 Å². The van der Waals surface area contributed by atoms with E-state index in [-0.39, 0.29) is 29.9 Å². The van der Waals surface area contributed by atoms with Crippen LogP contribution in [0.2, 0.25) is 0 Å². The summed E-state index contributed by atoms with van der Waals surface area (Å²) < 4.78 is 0. The lowest BCUT2D eigenvalue weighted by Gasteiger charge is -2.26. The average Bonchev–Trinajstić information content (AvgIpc) is 3.08. The van der Waals surface area contributed by atoms with Gasteiger partial charge in [0.1, 0.15) is 0 Å². The molecule has 1 heterocycles. The van der Waals surface area contributed by atoms with Gasteiger partial charge in [-0.05, 0) is 24.3 Å². The molecule has 3 N–H and O–H groups in total. The third-order valence-electron chi connectivity index (χ3n) is 5.24. The fourth-order valence-corrected chi connectivity index (χ4v) is 3.82. The minimum atomic E-state index is -0.274. The molecule has 114 valence electrons. The quantitative estimate of drug-likeness (QED) is 0.887. The first-order valence-electron chi connectivity index (χ1n) is 7.85. The molecule has 2 aliphatic rings. The zero-order valence-electron chi connectivity index (χ0n) is 12.5. The lowest BCUT2D eigenvalue weighted by molar-refractivity contribution is -0.135. The molecule has 1 saturated heterocycles. The largest absolute Gasteiger partial charge is 0.393 e. The number of fused-ring (bicyclic) bond motifs is 1. The van der Waals surface area contributed by atoms with E-state index in [4.69, 9.17) is 5.73 Å². The molecule has 1 aliphatic carbocycles. The Balaban J connectivity index is 1.66. The third kappa shape index (κ3) is 2.70. The Bertz CT molecular complexity index is 505. The van der Waals surface area contributed by atoms with Crippen LogP contribution >= 0.6 is 0 Å². The predicted molar refractivity (Wildman–Crippen MR) is 81.3 cm³/mol. The van der Waals surface area contributed by atoms with Gasteiger partial charge in [0.05, 0.1) is 12.0 Å². The van der Waals surface area contributed by atoms with Gasteiger partial charge >= 0.3 is 0 Å². The standard InChI is InChI=1S/C17H24N2O2/c1-11(16(18)12-5-3-2-4-6-12)17(21)19-9-13-7-8-15(20)14(13)10-19/h2-6,11,13-16,20H,7-10,18H2,1H3. The number of carbonyl (C=O) groups excluding carboxylic acids is 1. The maximum absolute atomic E-state index is 12.7. The molecule has 1 saturated carbocycles. The molecule has 3 rings (SSSR count). The highest BCUT2D eigenvalue weighted by Crippen LogP contribution is 2.39. The van der Waals surface area contributed by atoms with Crippen LogP contribution in [0, 0.1) is 17.8 Å². The molecule has 21 heavy (non-hydrogen) atoms. The number of nitrogens with zero attached hydrogens (tertiary/aromatic N) is 1. The molecule has 1 aromatic carbocycles. The van der Waals surface area contributed by atoms with Gasteiger partial charge in [0.25, 0.3) is 0 Å². The number of likely N-dealkylation sites (tertiary alicyclic amines) is 1. The van der Waals surface area contributed by atoms with Crippen molar-refractivity contribution in [2.45, 2.75) is 31.9 Å². The number of benzene rings is 1. The van der Waals surface area contributed by atoms with Gasteiger partial charge in [0.15, 0.2) is 0 Å². The highest BCUT2D eigenvalue weighted by atomic mass is 16.3. The predicted octanol–water partition coefficient (Wildman–Crippen LogP) is 1.55. The van der Waals surface area contributed by atoms with Crippen LogP contribution in [0.4, 0.5) is 0 Å². The Morgan fingerprint density at radius 3 is 2.67 bits per heavy atom. The summed E-state index contributed by atoms with van der Waals surface area (Å²) in [5.41, 5.74) is 7.25. The zero-order valence-corrected chi connectivity index (χ0v) is 12.5. The fourth-order valence-electron chi connectivity index (χ4n) is 3.82. The van der Waals surface area contributed by atoms with Crippen LogP contribution in [0.25, 0.3) is 0 Å². The van der Waals surface area contributed by atoms with Crippen LogP contribution < -0.4 is 5.73 Å². The topological polar surface area (TPSA) is 66.6 Å². The number of amides is 1. The number of nitrogens with two attached hydrogens (primary N) is 1. The van der Waals surface area contributed by atoms with Crippen LogP contribution in [0.5, 0.6) is 0 Å². The second kappa shape index (κ2) is 5.78. The van der Waals surface area contributed by atoms with Crippen molar-refractivity contribution in [1.82, 2.24) is 4.90 Å². The first kappa shape index (κ1) is 14.5. The number of hydrogen-bond donors (Lipinski definition) is 2. The molecule has 1 amide bonds. The first-order valence-corrected chi connectivity index (χ1v) is 7.85. The second-order valence-corrected chi connectivity index (χ2v) is 6.54. The van der Waals surface area contributed by atoms with E-state index in [2.05, 4.69) is 0 Å². The average molecular weight is 288 g/mol. The molecule has 5 unspecified atom stereocenters. The summed E-state index contributed by atoms with van der Waals surface area (Å²) in [6, 6.07) is 9.51. The van der Waals surface area contributed by atoms with Gasteiger partial charge in [-0.2, -0.15) is 0 Å². The summed E-state index contributed by atoms with van der Waals surface area (Å²) in [6.07, 6.45) is 1.69. The smallest absolute Gasteiger partial charge is 0.227 e. The van der Waals surface area contributed by atoms with Gasteiger partial charge in [-0.15, -0.1) is 0 Å². The number of hydrogen-bond acceptors (Lipinski definition) is 3. The Morgan fingerprint density at radius 1 is 1.29 bits per heavy atom. The molecular formula is C17H24N2O2. The van der Waals surface area contributed by atoms with E-state index in [1.54, 1.807) is 0 Å².